The SMILES string of the molecule is CCCC(=O)N1Cc2[nH]nc(NC(=O)Cc3ccc(N4CCOC4=O)cc3)c2C1. The summed E-state index contributed by atoms with van der Waals surface area (Å²) in [6.45, 7) is 3.85. The zero-order valence-corrected chi connectivity index (χ0v) is 16.2. The Morgan fingerprint density at radius 3 is 2.72 bits per heavy atom. The third kappa shape index (κ3) is 3.94. The average Bonchev–Trinajstić information content (AvgIpc) is 3.40. The van der Waals surface area contributed by atoms with E-state index in [9.17, 15) is 14.4 Å². The molecule has 2 aliphatic heterocycles. The molecular formula is C20H23N5O4. The van der Waals surface area contributed by atoms with Crippen LogP contribution in [0.1, 0.15) is 36.6 Å². The van der Waals surface area contributed by atoms with Crippen molar-refractivity contribution in [3.05, 3.63) is 41.1 Å². The molecule has 3 amide bonds. The van der Waals surface area contributed by atoms with Crippen LogP contribution in [0, 0.1) is 0 Å². The smallest absolute Gasteiger partial charge is 0.414 e. The fraction of sp³-hybridized carbons (Fsp3) is 0.400. The van der Waals surface area contributed by atoms with Gasteiger partial charge in [0.05, 0.1) is 31.7 Å². The molecule has 2 N–H and O–H groups in total. The van der Waals surface area contributed by atoms with E-state index in [4.69, 9.17) is 4.74 Å². The lowest BCUT2D eigenvalue weighted by Gasteiger charge is -2.15. The third-order valence-corrected chi connectivity index (χ3v) is 5.10. The first-order chi connectivity index (χ1) is 14.0. The number of hydrogen-bond donors (Lipinski definition) is 2. The Kier molecular flexibility index (Phi) is 5.20. The fourth-order valence-corrected chi connectivity index (χ4v) is 3.58. The number of anilines is 2. The van der Waals surface area contributed by atoms with Crippen molar-refractivity contribution in [1.82, 2.24) is 15.1 Å². The lowest BCUT2D eigenvalue weighted by molar-refractivity contribution is -0.131. The van der Waals surface area contributed by atoms with E-state index in [0.29, 0.717) is 38.5 Å². The predicted octanol–water partition coefficient (Wildman–Crippen LogP) is 2.19. The van der Waals surface area contributed by atoms with Gasteiger partial charge in [0.15, 0.2) is 5.82 Å². The first-order valence-electron chi connectivity index (χ1n) is 9.72. The maximum atomic E-state index is 12.5. The number of aromatic amines is 1. The lowest BCUT2D eigenvalue weighted by atomic mass is 10.1. The Bertz CT molecular complexity index is 937. The minimum Gasteiger partial charge on any atom is -0.447 e. The van der Waals surface area contributed by atoms with E-state index < -0.39 is 0 Å². The number of amides is 3. The number of hydrogen-bond acceptors (Lipinski definition) is 5. The summed E-state index contributed by atoms with van der Waals surface area (Å²) >= 11 is 0. The van der Waals surface area contributed by atoms with Crippen LogP contribution in [0.5, 0.6) is 0 Å². The number of benzene rings is 1. The average molecular weight is 397 g/mol. The zero-order chi connectivity index (χ0) is 20.4. The highest BCUT2D eigenvalue weighted by molar-refractivity contribution is 5.93. The largest absolute Gasteiger partial charge is 0.447 e. The van der Waals surface area contributed by atoms with Gasteiger partial charge in [-0.25, -0.2) is 4.79 Å². The van der Waals surface area contributed by atoms with E-state index >= 15 is 0 Å². The van der Waals surface area contributed by atoms with Gasteiger partial charge in [-0.3, -0.25) is 19.6 Å². The van der Waals surface area contributed by atoms with Gasteiger partial charge in [-0.1, -0.05) is 19.1 Å². The molecule has 0 bridgehead atoms. The van der Waals surface area contributed by atoms with Crippen molar-refractivity contribution in [2.75, 3.05) is 23.4 Å². The number of carbonyl (C=O) groups is 3. The van der Waals surface area contributed by atoms with E-state index in [1.165, 1.54) is 0 Å². The number of aromatic nitrogens is 2. The van der Waals surface area contributed by atoms with Gasteiger partial charge in [0.2, 0.25) is 11.8 Å². The second-order valence-corrected chi connectivity index (χ2v) is 7.19. The summed E-state index contributed by atoms with van der Waals surface area (Å²) in [4.78, 5) is 39.5. The van der Waals surface area contributed by atoms with Gasteiger partial charge in [0.25, 0.3) is 0 Å². The van der Waals surface area contributed by atoms with Crippen LogP contribution in [-0.4, -0.2) is 46.2 Å². The van der Waals surface area contributed by atoms with E-state index in [1.807, 2.05) is 19.1 Å². The number of fused-ring (bicyclic) bond motifs is 1. The maximum Gasteiger partial charge on any atom is 0.414 e. The minimum absolute atomic E-state index is 0.108. The van der Waals surface area contributed by atoms with Crippen LogP contribution in [0.2, 0.25) is 0 Å². The summed E-state index contributed by atoms with van der Waals surface area (Å²) in [5, 5.41) is 9.93. The molecule has 0 unspecified atom stereocenters. The van der Waals surface area contributed by atoms with Crippen LogP contribution in [-0.2, 0) is 33.8 Å². The Labute approximate surface area is 168 Å². The molecule has 0 saturated carbocycles. The van der Waals surface area contributed by atoms with Crippen LogP contribution in [0.4, 0.5) is 16.3 Å². The molecule has 9 heteroatoms. The molecule has 1 aromatic heterocycles. The first kappa shape index (κ1) is 19.0. The summed E-state index contributed by atoms with van der Waals surface area (Å²) < 4.78 is 4.93. The van der Waals surface area contributed by atoms with Gasteiger partial charge in [0, 0.05) is 17.7 Å². The molecule has 4 rings (SSSR count). The van der Waals surface area contributed by atoms with Gasteiger partial charge < -0.3 is 15.0 Å². The fourth-order valence-electron chi connectivity index (χ4n) is 3.58. The van der Waals surface area contributed by atoms with Crippen molar-refractivity contribution in [2.24, 2.45) is 0 Å². The van der Waals surface area contributed by atoms with E-state index in [1.54, 1.807) is 21.9 Å². The maximum absolute atomic E-state index is 12.5. The zero-order valence-electron chi connectivity index (χ0n) is 16.2. The first-order valence-corrected chi connectivity index (χ1v) is 9.72. The monoisotopic (exact) mass is 397 g/mol. The van der Waals surface area contributed by atoms with Crippen molar-refractivity contribution in [1.29, 1.82) is 0 Å². The van der Waals surface area contributed by atoms with Crippen molar-refractivity contribution in [3.8, 4) is 0 Å². The van der Waals surface area contributed by atoms with Crippen LogP contribution in [0.3, 0.4) is 0 Å². The molecule has 2 aliphatic rings. The van der Waals surface area contributed by atoms with Crippen molar-refractivity contribution < 1.29 is 19.1 Å². The van der Waals surface area contributed by atoms with E-state index in [-0.39, 0.29) is 24.3 Å². The summed E-state index contributed by atoms with van der Waals surface area (Å²) in [6, 6.07) is 7.25. The van der Waals surface area contributed by atoms with Crippen molar-refractivity contribution in [3.63, 3.8) is 0 Å². The van der Waals surface area contributed by atoms with Gasteiger partial charge in [-0.15, -0.1) is 0 Å². The second-order valence-electron chi connectivity index (χ2n) is 7.19. The molecule has 3 heterocycles. The summed E-state index contributed by atoms with van der Waals surface area (Å²) in [5.41, 5.74) is 3.31. The van der Waals surface area contributed by atoms with Gasteiger partial charge in [-0.2, -0.15) is 5.10 Å². The highest BCUT2D eigenvalue weighted by Gasteiger charge is 2.28. The normalized spacial score (nSPS) is 15.4. The molecule has 1 aromatic carbocycles. The second kappa shape index (κ2) is 7.94. The molecule has 0 atom stereocenters. The Morgan fingerprint density at radius 1 is 1.24 bits per heavy atom. The molecule has 0 radical (unpaired) electrons. The standard InChI is InChI=1S/C20H23N5O4/c1-2-3-18(27)24-11-15-16(12-24)22-23-19(15)21-17(26)10-13-4-6-14(7-5-13)25-8-9-29-20(25)28/h4-7H,2-3,8-12H2,1H3,(H2,21,22,23,26). The van der Waals surface area contributed by atoms with Gasteiger partial charge >= 0.3 is 6.09 Å². The summed E-state index contributed by atoms with van der Waals surface area (Å²) in [7, 11) is 0. The number of rotatable bonds is 6. The lowest BCUT2D eigenvalue weighted by Crippen LogP contribution is -2.25. The summed E-state index contributed by atoms with van der Waals surface area (Å²) in [6.07, 6.45) is 1.16. The highest BCUT2D eigenvalue weighted by Crippen LogP contribution is 2.28. The molecule has 2 aromatic rings. The number of H-pyrrole nitrogens is 1. The van der Waals surface area contributed by atoms with Crippen molar-refractivity contribution in [2.45, 2.75) is 39.3 Å². The van der Waals surface area contributed by atoms with Crippen LogP contribution >= 0.6 is 0 Å². The molecule has 29 heavy (non-hydrogen) atoms. The topological polar surface area (TPSA) is 108 Å². The molecule has 0 aliphatic carbocycles. The Balaban J connectivity index is 1.36. The number of carbonyl (C=O) groups excluding carboxylic acids is 3. The highest BCUT2D eigenvalue weighted by atomic mass is 16.6. The van der Waals surface area contributed by atoms with E-state index in [0.717, 1.165) is 28.9 Å². The van der Waals surface area contributed by atoms with Gasteiger partial charge in [-0.05, 0) is 24.1 Å². The molecule has 1 fully saturated rings. The number of cyclic esters (lactones) is 1. The molecule has 152 valence electrons. The molecule has 1 saturated heterocycles. The van der Waals surface area contributed by atoms with Crippen LogP contribution in [0.25, 0.3) is 0 Å². The predicted molar refractivity (Wildman–Crippen MR) is 105 cm³/mol. The van der Waals surface area contributed by atoms with E-state index in [2.05, 4.69) is 15.5 Å². The summed E-state index contributed by atoms with van der Waals surface area (Å²) in [5.74, 6) is 0.399. The number of ether oxygens (including phenoxy) is 1. The van der Waals surface area contributed by atoms with Gasteiger partial charge in [0.1, 0.15) is 6.61 Å². The number of nitrogens with zero attached hydrogens (tertiary/aromatic N) is 3. The van der Waals surface area contributed by atoms with Crippen LogP contribution < -0.4 is 10.2 Å². The Morgan fingerprint density at radius 2 is 2.03 bits per heavy atom. The molecule has 0 spiro atoms. The minimum atomic E-state index is -0.352. The van der Waals surface area contributed by atoms with Crippen molar-refractivity contribution >= 4 is 29.4 Å². The molecule has 9 nitrogen and oxygen atoms in total. The molecular weight excluding hydrogens is 374 g/mol. The third-order valence-electron chi connectivity index (χ3n) is 5.10. The number of nitrogens with one attached hydrogen (secondary N) is 2. The Hall–Kier alpha value is -3.36. The van der Waals surface area contributed by atoms with Crippen LogP contribution in [0.15, 0.2) is 24.3 Å². The quantitative estimate of drug-likeness (QED) is 0.777.